The van der Waals surface area contributed by atoms with Crippen molar-refractivity contribution in [3.8, 4) is 0 Å². The molecule has 5 nitrogen and oxygen atoms in total. The summed E-state index contributed by atoms with van der Waals surface area (Å²) in [7, 11) is 0. The molecule has 2 aromatic rings. The first-order valence-corrected chi connectivity index (χ1v) is 6.73. The molecule has 0 aliphatic rings. The number of rotatable bonds is 4. The molecule has 1 heterocycles. The van der Waals surface area contributed by atoms with Gasteiger partial charge in [0, 0.05) is 17.8 Å². The molecule has 1 aromatic heterocycles. The lowest BCUT2D eigenvalue weighted by molar-refractivity contribution is 0.0945. The van der Waals surface area contributed by atoms with Crippen molar-refractivity contribution in [2.75, 3.05) is 5.73 Å². The predicted molar refractivity (Wildman–Crippen MR) is 78.1 cm³/mol. The minimum atomic E-state index is -0.591. The largest absolute Gasteiger partial charge is 0.368 e. The number of hydrogen-bond donors (Lipinski definition) is 2. The number of nitrogens with zero attached hydrogens (tertiary/aromatic N) is 2. The van der Waals surface area contributed by atoms with E-state index in [1.807, 2.05) is 13.8 Å². The van der Waals surface area contributed by atoms with Crippen LogP contribution in [0.1, 0.15) is 41.5 Å². The first-order valence-electron chi connectivity index (χ1n) is 6.73. The molecule has 7 heteroatoms. The van der Waals surface area contributed by atoms with Crippen molar-refractivity contribution in [2.45, 2.75) is 26.3 Å². The summed E-state index contributed by atoms with van der Waals surface area (Å²) in [6.45, 7) is 3.67. The highest BCUT2D eigenvalue weighted by atomic mass is 19.1. The van der Waals surface area contributed by atoms with Gasteiger partial charge in [0.15, 0.2) is 0 Å². The van der Waals surface area contributed by atoms with Crippen LogP contribution in [0.5, 0.6) is 0 Å². The number of anilines is 1. The maximum Gasteiger partial charge on any atom is 0.270 e. The zero-order chi connectivity index (χ0) is 16.3. The van der Waals surface area contributed by atoms with E-state index in [1.54, 1.807) is 0 Å². The van der Waals surface area contributed by atoms with Gasteiger partial charge < -0.3 is 11.1 Å². The fourth-order valence-electron chi connectivity index (χ4n) is 1.84. The van der Waals surface area contributed by atoms with Crippen molar-refractivity contribution in [3.05, 3.63) is 52.9 Å². The van der Waals surface area contributed by atoms with E-state index >= 15 is 0 Å². The molecule has 0 spiro atoms. The maximum atomic E-state index is 13.5. The van der Waals surface area contributed by atoms with Crippen LogP contribution in [0.2, 0.25) is 0 Å². The lowest BCUT2D eigenvalue weighted by Crippen LogP contribution is -2.25. The zero-order valence-corrected chi connectivity index (χ0v) is 12.2. The summed E-state index contributed by atoms with van der Waals surface area (Å²) in [5.74, 6) is -1.61. The van der Waals surface area contributed by atoms with Gasteiger partial charge in [0.05, 0.1) is 0 Å². The Labute approximate surface area is 126 Å². The molecule has 1 amide bonds. The maximum absolute atomic E-state index is 13.5. The molecule has 0 fully saturated rings. The molecule has 0 aliphatic carbocycles. The number of halogens is 2. The topological polar surface area (TPSA) is 80.9 Å². The fourth-order valence-corrected chi connectivity index (χ4v) is 1.84. The number of nitrogens with two attached hydrogens (primary N) is 1. The average molecular weight is 306 g/mol. The second-order valence-electron chi connectivity index (χ2n) is 5.11. The van der Waals surface area contributed by atoms with Crippen molar-refractivity contribution in [1.29, 1.82) is 0 Å². The lowest BCUT2D eigenvalue weighted by Gasteiger charge is -2.09. The smallest absolute Gasteiger partial charge is 0.270 e. The summed E-state index contributed by atoms with van der Waals surface area (Å²) in [5.41, 5.74) is 6.35. The van der Waals surface area contributed by atoms with Crippen LogP contribution >= 0.6 is 0 Å². The van der Waals surface area contributed by atoms with Crippen molar-refractivity contribution < 1.29 is 13.6 Å². The monoisotopic (exact) mass is 306 g/mol. The summed E-state index contributed by atoms with van der Waals surface area (Å²) in [5, 5.41) is 2.49. The summed E-state index contributed by atoms with van der Waals surface area (Å²) in [6.07, 6.45) is 0. The quantitative estimate of drug-likeness (QED) is 0.909. The molecule has 1 aromatic carbocycles. The van der Waals surface area contributed by atoms with Crippen LogP contribution in [0.25, 0.3) is 0 Å². The highest BCUT2D eigenvalue weighted by Gasteiger charge is 2.13. The Hall–Kier alpha value is -2.57. The van der Waals surface area contributed by atoms with Gasteiger partial charge >= 0.3 is 0 Å². The second-order valence-corrected chi connectivity index (χ2v) is 5.11. The molecule has 3 N–H and O–H groups in total. The van der Waals surface area contributed by atoms with E-state index in [4.69, 9.17) is 5.73 Å². The molecule has 0 bridgehead atoms. The molecule has 0 atom stereocenters. The number of carbonyl (C=O) groups is 1. The molecule has 0 aliphatic heterocycles. The van der Waals surface area contributed by atoms with Crippen LogP contribution in [-0.4, -0.2) is 15.9 Å². The van der Waals surface area contributed by atoms with Crippen molar-refractivity contribution in [1.82, 2.24) is 15.3 Å². The molecular formula is C15H16F2N4O. The van der Waals surface area contributed by atoms with E-state index in [1.165, 1.54) is 6.07 Å². The van der Waals surface area contributed by atoms with Gasteiger partial charge in [0.2, 0.25) is 5.95 Å². The Bertz CT molecular complexity index is 704. The number of benzene rings is 1. The van der Waals surface area contributed by atoms with Gasteiger partial charge in [0.1, 0.15) is 17.3 Å². The van der Waals surface area contributed by atoms with E-state index < -0.39 is 17.5 Å². The van der Waals surface area contributed by atoms with Gasteiger partial charge in [-0.25, -0.2) is 18.7 Å². The van der Waals surface area contributed by atoms with E-state index in [0.29, 0.717) is 5.69 Å². The molecular weight excluding hydrogens is 290 g/mol. The molecule has 2 rings (SSSR count). The van der Waals surface area contributed by atoms with Crippen molar-refractivity contribution in [2.24, 2.45) is 0 Å². The molecule has 22 heavy (non-hydrogen) atoms. The van der Waals surface area contributed by atoms with Crippen LogP contribution < -0.4 is 11.1 Å². The Morgan fingerprint density at radius 2 is 2.00 bits per heavy atom. The highest BCUT2D eigenvalue weighted by molar-refractivity contribution is 5.92. The van der Waals surface area contributed by atoms with Crippen molar-refractivity contribution >= 4 is 11.9 Å². The van der Waals surface area contributed by atoms with Gasteiger partial charge in [-0.05, 0) is 30.2 Å². The summed E-state index contributed by atoms with van der Waals surface area (Å²) >= 11 is 0. The summed E-state index contributed by atoms with van der Waals surface area (Å²) in [4.78, 5) is 20.0. The Balaban J connectivity index is 2.14. The average Bonchev–Trinajstić information content (AvgIpc) is 2.47. The van der Waals surface area contributed by atoms with Crippen LogP contribution in [0.4, 0.5) is 14.7 Å². The van der Waals surface area contributed by atoms with E-state index in [0.717, 1.165) is 18.2 Å². The standard InChI is InChI=1S/C15H16F2N4O/c1-8(2)12-6-13(21-15(18)20-12)14(22)19-7-9-5-10(16)3-4-11(9)17/h3-6,8H,7H2,1-2H3,(H,19,22)(H2,18,20,21). The van der Waals surface area contributed by atoms with Gasteiger partial charge in [0.25, 0.3) is 5.91 Å². The molecule has 116 valence electrons. The van der Waals surface area contributed by atoms with Crippen LogP contribution in [0.3, 0.4) is 0 Å². The number of hydrogen-bond acceptors (Lipinski definition) is 4. The molecule has 0 saturated heterocycles. The van der Waals surface area contributed by atoms with E-state index in [-0.39, 0.29) is 29.7 Å². The number of nitrogens with one attached hydrogen (secondary N) is 1. The molecule has 0 saturated carbocycles. The van der Waals surface area contributed by atoms with Crippen LogP contribution in [0.15, 0.2) is 24.3 Å². The van der Waals surface area contributed by atoms with Crippen LogP contribution in [-0.2, 0) is 6.54 Å². The second kappa shape index (κ2) is 6.46. The Morgan fingerprint density at radius 3 is 2.68 bits per heavy atom. The molecule has 0 unspecified atom stereocenters. The Morgan fingerprint density at radius 1 is 1.27 bits per heavy atom. The van der Waals surface area contributed by atoms with Gasteiger partial charge in [-0.15, -0.1) is 0 Å². The first-order chi connectivity index (χ1) is 10.4. The fraction of sp³-hybridized carbons (Fsp3) is 0.267. The minimum Gasteiger partial charge on any atom is -0.368 e. The third-order valence-electron chi connectivity index (χ3n) is 3.03. The summed E-state index contributed by atoms with van der Waals surface area (Å²) in [6, 6.07) is 4.58. The van der Waals surface area contributed by atoms with E-state index in [9.17, 15) is 13.6 Å². The SMILES string of the molecule is CC(C)c1cc(C(=O)NCc2cc(F)ccc2F)nc(N)n1. The molecule has 0 radical (unpaired) electrons. The van der Waals surface area contributed by atoms with Gasteiger partial charge in [-0.1, -0.05) is 13.8 Å². The Kier molecular flexibility index (Phi) is 4.65. The zero-order valence-electron chi connectivity index (χ0n) is 12.2. The van der Waals surface area contributed by atoms with Gasteiger partial charge in [-0.3, -0.25) is 4.79 Å². The number of amides is 1. The third kappa shape index (κ3) is 3.75. The number of aromatic nitrogens is 2. The number of nitrogen functional groups attached to an aromatic ring is 1. The van der Waals surface area contributed by atoms with Crippen molar-refractivity contribution in [3.63, 3.8) is 0 Å². The summed E-state index contributed by atoms with van der Waals surface area (Å²) < 4.78 is 26.6. The van der Waals surface area contributed by atoms with Crippen LogP contribution in [0, 0.1) is 11.6 Å². The normalized spacial score (nSPS) is 10.8. The lowest BCUT2D eigenvalue weighted by atomic mass is 10.1. The minimum absolute atomic E-state index is 0.00622. The highest BCUT2D eigenvalue weighted by Crippen LogP contribution is 2.14. The third-order valence-corrected chi connectivity index (χ3v) is 3.03. The van der Waals surface area contributed by atoms with E-state index in [2.05, 4.69) is 15.3 Å². The van der Waals surface area contributed by atoms with Gasteiger partial charge in [-0.2, -0.15) is 0 Å². The predicted octanol–water partition coefficient (Wildman–Crippen LogP) is 2.39. The number of carbonyl (C=O) groups excluding carboxylic acids is 1. The first kappa shape index (κ1) is 15.8.